The molecule has 0 aromatic carbocycles. The van der Waals surface area contributed by atoms with Gasteiger partial charge in [0.2, 0.25) is 0 Å². The maximum atomic E-state index is 3.81. The molecule has 0 aliphatic rings. The van der Waals surface area contributed by atoms with Crippen LogP contribution in [0.4, 0.5) is 0 Å². The number of nitrogens with zero attached hydrogens (tertiary/aromatic N) is 1. The minimum atomic E-state index is 0.968. The predicted molar refractivity (Wildman–Crippen MR) is 29.0 cm³/mol. The van der Waals surface area contributed by atoms with E-state index < -0.39 is 0 Å². The molecule has 0 aromatic rings. The first kappa shape index (κ1) is 5.67. The van der Waals surface area contributed by atoms with Gasteiger partial charge in [0.05, 0.1) is 0 Å². The average molecular weight is 84.1 g/mol. The molecule has 0 spiro atoms. The van der Waals surface area contributed by atoms with Gasteiger partial charge in [0.1, 0.15) is 0 Å². The lowest BCUT2D eigenvalue weighted by atomic mass is 10.3. The van der Waals surface area contributed by atoms with E-state index in [2.05, 4.69) is 11.9 Å². The molecule has 0 aromatic heterocycles. The second-order valence-electron chi connectivity index (χ2n) is 1.14. The first-order valence-corrected chi connectivity index (χ1v) is 2.09. The molecule has 0 saturated heterocycles. The summed E-state index contributed by atoms with van der Waals surface area (Å²) in [6.45, 7) is 5.66. The third-order valence-corrected chi connectivity index (χ3v) is 0.724. The fourth-order valence-corrected chi connectivity index (χ4v) is 0.158. The summed E-state index contributed by atoms with van der Waals surface area (Å²) in [5, 5.41) is 0. The second kappa shape index (κ2) is 2.88. The molecule has 0 rings (SSSR count). The van der Waals surface area contributed by atoms with Gasteiger partial charge in [0, 0.05) is 12.8 Å². The minimum absolute atomic E-state index is 0.968. The summed E-state index contributed by atoms with van der Waals surface area (Å²) in [6.07, 6.45) is 0.969. The van der Waals surface area contributed by atoms with E-state index in [0.717, 1.165) is 12.1 Å². The van der Waals surface area contributed by atoms with Gasteiger partial charge >= 0.3 is 0 Å². The van der Waals surface area contributed by atoms with Gasteiger partial charge in [-0.05, 0) is 13.3 Å². The highest BCUT2D eigenvalue weighted by Gasteiger charge is 1.75. The molecule has 0 heterocycles. The molecule has 0 fully saturated rings. The van der Waals surface area contributed by atoms with Crippen molar-refractivity contribution in [3.63, 3.8) is 0 Å². The summed E-state index contributed by atoms with van der Waals surface area (Å²) in [5.74, 6) is 0. The Morgan fingerprint density at radius 2 is 2.33 bits per heavy atom. The van der Waals surface area contributed by atoms with E-state index in [1.807, 2.05) is 6.92 Å². The molecule has 0 aliphatic heterocycles. The van der Waals surface area contributed by atoms with Gasteiger partial charge in [0.25, 0.3) is 0 Å². The average Bonchev–Trinajstić information content (AvgIpc) is 1.65. The largest absolute Gasteiger partial charge is 0.297 e. The van der Waals surface area contributed by atoms with Crippen LogP contribution in [0.15, 0.2) is 4.99 Å². The zero-order valence-electron chi connectivity index (χ0n) is 4.36. The third-order valence-electron chi connectivity index (χ3n) is 0.724. The van der Waals surface area contributed by atoms with Gasteiger partial charge in [-0.25, -0.2) is 0 Å². The monoisotopic (exact) mass is 84.1 g/mol. The lowest BCUT2D eigenvalue weighted by Gasteiger charge is -1.83. The highest BCUT2D eigenvalue weighted by molar-refractivity contribution is 5.87. The number of aliphatic imine (C=N–C) groups is 1. The Kier molecular flexibility index (Phi) is 2.73. The standard InChI is InChI=1S/C5H10N/c1-4-5(2)6-3/h2,4H2,1,3H3/b6-5-. The van der Waals surface area contributed by atoms with Crippen LogP contribution >= 0.6 is 0 Å². The van der Waals surface area contributed by atoms with E-state index in [9.17, 15) is 0 Å². The maximum absolute atomic E-state index is 3.81. The van der Waals surface area contributed by atoms with Crippen LogP contribution in [0.5, 0.6) is 0 Å². The van der Waals surface area contributed by atoms with Crippen LogP contribution in [0.1, 0.15) is 13.3 Å². The SMILES string of the molecule is [CH2]/C(CC)=N/C. The summed E-state index contributed by atoms with van der Waals surface area (Å²) < 4.78 is 0. The number of rotatable bonds is 1. The van der Waals surface area contributed by atoms with Crippen LogP contribution in [0.25, 0.3) is 0 Å². The molecule has 0 aliphatic carbocycles. The molecule has 0 bridgehead atoms. The number of hydrogen-bond acceptors (Lipinski definition) is 1. The maximum Gasteiger partial charge on any atom is 0.0276 e. The first-order chi connectivity index (χ1) is 2.81. The van der Waals surface area contributed by atoms with Crippen molar-refractivity contribution in [2.45, 2.75) is 13.3 Å². The van der Waals surface area contributed by atoms with Crippen molar-refractivity contribution in [1.29, 1.82) is 0 Å². The first-order valence-electron chi connectivity index (χ1n) is 2.09. The second-order valence-corrected chi connectivity index (χ2v) is 1.14. The van der Waals surface area contributed by atoms with E-state index >= 15 is 0 Å². The molecular formula is C5H10N. The molecule has 35 valence electrons. The van der Waals surface area contributed by atoms with Gasteiger partial charge in [-0.1, -0.05) is 6.92 Å². The summed E-state index contributed by atoms with van der Waals surface area (Å²) in [5.41, 5.74) is 0.968. The fourth-order valence-electron chi connectivity index (χ4n) is 0.158. The zero-order chi connectivity index (χ0) is 4.99. The molecule has 0 amide bonds. The Labute approximate surface area is 39.1 Å². The van der Waals surface area contributed by atoms with E-state index in [-0.39, 0.29) is 0 Å². The van der Waals surface area contributed by atoms with Crippen molar-refractivity contribution < 1.29 is 0 Å². The lowest BCUT2D eigenvalue weighted by Crippen LogP contribution is -1.83. The lowest BCUT2D eigenvalue weighted by molar-refractivity contribution is 1.26. The van der Waals surface area contributed by atoms with Crippen molar-refractivity contribution in [3.05, 3.63) is 6.92 Å². The van der Waals surface area contributed by atoms with Crippen molar-refractivity contribution in [2.24, 2.45) is 4.99 Å². The van der Waals surface area contributed by atoms with Crippen molar-refractivity contribution in [2.75, 3.05) is 7.05 Å². The number of hydrogen-bond donors (Lipinski definition) is 0. The summed E-state index contributed by atoms with van der Waals surface area (Å²) in [4.78, 5) is 3.81. The molecule has 0 saturated carbocycles. The molecule has 0 atom stereocenters. The fraction of sp³-hybridized carbons (Fsp3) is 0.600. The molecular weight excluding hydrogens is 74.1 g/mol. The summed E-state index contributed by atoms with van der Waals surface area (Å²) in [6, 6.07) is 0. The van der Waals surface area contributed by atoms with Gasteiger partial charge < -0.3 is 0 Å². The van der Waals surface area contributed by atoms with Crippen LogP contribution in [0, 0.1) is 6.92 Å². The van der Waals surface area contributed by atoms with Gasteiger partial charge in [-0.15, -0.1) is 0 Å². The Bertz CT molecular complexity index is 55.0. The van der Waals surface area contributed by atoms with Crippen molar-refractivity contribution >= 4 is 5.71 Å². The van der Waals surface area contributed by atoms with E-state index in [0.29, 0.717) is 0 Å². The van der Waals surface area contributed by atoms with Crippen molar-refractivity contribution in [3.8, 4) is 0 Å². The van der Waals surface area contributed by atoms with Crippen LogP contribution in [-0.4, -0.2) is 12.8 Å². The molecule has 1 radical (unpaired) electrons. The van der Waals surface area contributed by atoms with Crippen molar-refractivity contribution in [1.82, 2.24) is 0 Å². The minimum Gasteiger partial charge on any atom is -0.297 e. The van der Waals surface area contributed by atoms with Crippen LogP contribution in [0.2, 0.25) is 0 Å². The topological polar surface area (TPSA) is 12.4 Å². The van der Waals surface area contributed by atoms with E-state index in [1.54, 1.807) is 7.05 Å². The van der Waals surface area contributed by atoms with Gasteiger partial charge in [-0.2, -0.15) is 0 Å². The predicted octanol–water partition coefficient (Wildman–Crippen LogP) is 1.30. The zero-order valence-corrected chi connectivity index (χ0v) is 4.36. The van der Waals surface area contributed by atoms with Crippen LogP contribution in [-0.2, 0) is 0 Å². The molecule has 1 heteroatoms. The molecule has 6 heavy (non-hydrogen) atoms. The Hall–Kier alpha value is -0.330. The Morgan fingerprint density at radius 3 is 2.33 bits per heavy atom. The molecule has 0 N–H and O–H groups in total. The van der Waals surface area contributed by atoms with Gasteiger partial charge in [-0.3, -0.25) is 4.99 Å². The van der Waals surface area contributed by atoms with Crippen LogP contribution < -0.4 is 0 Å². The quantitative estimate of drug-likeness (QED) is 0.425. The van der Waals surface area contributed by atoms with E-state index in [1.165, 1.54) is 0 Å². The molecule has 0 unspecified atom stereocenters. The third kappa shape index (κ3) is 1.94. The van der Waals surface area contributed by atoms with E-state index in [4.69, 9.17) is 0 Å². The normalized spacial score (nSPS) is 12.2. The van der Waals surface area contributed by atoms with Crippen LogP contribution in [0.3, 0.4) is 0 Å². The highest BCUT2D eigenvalue weighted by Crippen LogP contribution is 1.77. The smallest absolute Gasteiger partial charge is 0.0276 e. The summed E-state index contributed by atoms with van der Waals surface area (Å²) in [7, 11) is 1.76. The highest BCUT2D eigenvalue weighted by atomic mass is 14.7. The Balaban J connectivity index is 3.22. The van der Waals surface area contributed by atoms with Gasteiger partial charge in [0.15, 0.2) is 0 Å². The summed E-state index contributed by atoms with van der Waals surface area (Å²) >= 11 is 0. The Morgan fingerprint density at radius 1 is 1.83 bits per heavy atom. The molecule has 1 nitrogen and oxygen atoms in total.